The van der Waals surface area contributed by atoms with Gasteiger partial charge in [0.1, 0.15) is 0 Å². The first kappa shape index (κ1) is 15.0. The maximum Gasteiger partial charge on any atom is 0.272 e. The first-order chi connectivity index (χ1) is 8.86. The topological polar surface area (TPSA) is 49.4 Å². The van der Waals surface area contributed by atoms with Crippen molar-refractivity contribution in [2.75, 3.05) is 0 Å². The van der Waals surface area contributed by atoms with E-state index in [1.165, 1.54) is 11.1 Å². The van der Waals surface area contributed by atoms with Crippen LogP contribution in [0.25, 0.3) is 0 Å². The number of carbonyl (C=O) groups is 2. The van der Waals surface area contributed by atoms with Crippen LogP contribution < -0.4 is 5.43 Å². The molecule has 1 rings (SSSR count). The summed E-state index contributed by atoms with van der Waals surface area (Å²) in [5.74, 6) is -0.486. The maximum absolute atomic E-state index is 12.4. The van der Waals surface area contributed by atoms with Crippen molar-refractivity contribution in [1.82, 2.24) is 10.4 Å². The molecule has 0 fully saturated rings. The van der Waals surface area contributed by atoms with Crippen molar-refractivity contribution >= 4 is 11.8 Å². The van der Waals surface area contributed by atoms with E-state index in [4.69, 9.17) is 0 Å². The highest BCUT2D eigenvalue weighted by molar-refractivity contribution is 5.95. The molecule has 0 heterocycles. The average Bonchev–Trinajstić information content (AvgIpc) is 2.35. The number of hydrazine groups is 1. The Morgan fingerprint density at radius 1 is 1.26 bits per heavy atom. The molecular weight excluding hydrogens is 240 g/mol. The van der Waals surface area contributed by atoms with Gasteiger partial charge in [0.2, 0.25) is 5.91 Å². The normalized spacial score (nSPS) is 10.7. The molecular formula is C15H20N2O2. The molecule has 0 bridgehead atoms. The van der Waals surface area contributed by atoms with E-state index in [1.807, 2.05) is 26.8 Å². The Labute approximate surface area is 114 Å². The molecule has 4 nitrogen and oxygen atoms in total. The molecule has 0 saturated carbocycles. The van der Waals surface area contributed by atoms with E-state index in [1.54, 1.807) is 24.3 Å². The van der Waals surface area contributed by atoms with E-state index in [-0.39, 0.29) is 18.2 Å². The van der Waals surface area contributed by atoms with Gasteiger partial charge in [-0.15, -0.1) is 6.58 Å². The quantitative estimate of drug-likeness (QED) is 0.670. The maximum atomic E-state index is 12.4. The molecule has 0 aliphatic heterocycles. The van der Waals surface area contributed by atoms with Crippen LogP contribution in [0.4, 0.5) is 0 Å². The van der Waals surface area contributed by atoms with Gasteiger partial charge in [-0.3, -0.25) is 15.0 Å². The smallest absolute Gasteiger partial charge is 0.272 e. The molecule has 1 aromatic carbocycles. The molecule has 0 aromatic heterocycles. The van der Waals surface area contributed by atoms with Crippen molar-refractivity contribution < 1.29 is 9.59 Å². The fraction of sp³-hybridized carbons (Fsp3) is 0.333. The van der Waals surface area contributed by atoms with Crippen molar-refractivity contribution in [3.05, 3.63) is 48.6 Å². The van der Waals surface area contributed by atoms with E-state index < -0.39 is 5.54 Å². The Balaban J connectivity index is 2.95. The van der Waals surface area contributed by atoms with Gasteiger partial charge in [0, 0.05) is 12.0 Å². The standard InChI is InChI=1S/C15H20N2O2/c1-5-9-13(18)16-17(15(2,3)4)14(19)12-10-7-6-8-11-12/h5-8,10-11H,1,9H2,2-4H3,(H,16,18). The summed E-state index contributed by atoms with van der Waals surface area (Å²) >= 11 is 0. The monoisotopic (exact) mass is 260 g/mol. The van der Waals surface area contributed by atoms with E-state index in [0.717, 1.165) is 0 Å². The summed E-state index contributed by atoms with van der Waals surface area (Å²) in [5, 5.41) is 1.36. The minimum atomic E-state index is -0.510. The van der Waals surface area contributed by atoms with Crippen molar-refractivity contribution in [3.8, 4) is 0 Å². The summed E-state index contributed by atoms with van der Waals surface area (Å²) in [5.41, 5.74) is 2.66. The predicted molar refractivity (Wildman–Crippen MR) is 75.3 cm³/mol. The molecule has 0 aliphatic rings. The number of hydrogen-bond donors (Lipinski definition) is 1. The van der Waals surface area contributed by atoms with Crippen LogP contribution in [0.2, 0.25) is 0 Å². The number of rotatable bonds is 3. The van der Waals surface area contributed by atoms with Gasteiger partial charge >= 0.3 is 0 Å². The molecule has 0 aliphatic carbocycles. The van der Waals surface area contributed by atoms with E-state index in [0.29, 0.717) is 5.56 Å². The summed E-state index contributed by atoms with van der Waals surface area (Å²) < 4.78 is 0. The zero-order chi connectivity index (χ0) is 14.5. The van der Waals surface area contributed by atoms with Crippen LogP contribution in [0.1, 0.15) is 37.6 Å². The third kappa shape index (κ3) is 4.25. The zero-order valence-corrected chi connectivity index (χ0v) is 11.6. The summed E-state index contributed by atoms with van der Waals surface area (Å²) in [7, 11) is 0. The van der Waals surface area contributed by atoms with Crippen LogP contribution in [0, 0.1) is 0 Å². The molecule has 2 amide bonds. The van der Waals surface area contributed by atoms with Gasteiger partial charge in [-0.1, -0.05) is 24.3 Å². The van der Waals surface area contributed by atoms with Gasteiger partial charge < -0.3 is 0 Å². The Morgan fingerprint density at radius 2 is 1.84 bits per heavy atom. The van der Waals surface area contributed by atoms with Crippen LogP contribution in [0.3, 0.4) is 0 Å². The molecule has 0 unspecified atom stereocenters. The van der Waals surface area contributed by atoms with Crippen LogP contribution >= 0.6 is 0 Å². The fourth-order valence-electron chi connectivity index (χ4n) is 1.53. The lowest BCUT2D eigenvalue weighted by molar-refractivity contribution is -0.126. The molecule has 1 aromatic rings. The van der Waals surface area contributed by atoms with Gasteiger partial charge in [0.25, 0.3) is 5.91 Å². The Hall–Kier alpha value is -2.10. The van der Waals surface area contributed by atoms with Crippen molar-refractivity contribution in [3.63, 3.8) is 0 Å². The molecule has 4 heteroatoms. The number of nitrogens with one attached hydrogen (secondary N) is 1. The van der Waals surface area contributed by atoms with Gasteiger partial charge in [0.05, 0.1) is 5.54 Å². The van der Waals surface area contributed by atoms with E-state index in [9.17, 15) is 9.59 Å². The van der Waals surface area contributed by atoms with E-state index >= 15 is 0 Å². The Morgan fingerprint density at radius 3 is 2.32 bits per heavy atom. The molecule has 0 spiro atoms. The zero-order valence-electron chi connectivity index (χ0n) is 11.6. The highest BCUT2D eigenvalue weighted by Crippen LogP contribution is 2.15. The summed E-state index contributed by atoms with van der Waals surface area (Å²) in [6, 6.07) is 8.87. The Bertz CT molecular complexity index is 461. The first-order valence-corrected chi connectivity index (χ1v) is 6.16. The number of amides is 2. The molecule has 102 valence electrons. The number of benzene rings is 1. The minimum absolute atomic E-state index is 0.175. The highest BCUT2D eigenvalue weighted by atomic mass is 16.2. The van der Waals surface area contributed by atoms with E-state index in [2.05, 4.69) is 12.0 Å². The van der Waals surface area contributed by atoms with Crippen LogP contribution in [-0.2, 0) is 4.79 Å². The SMILES string of the molecule is C=CCC(=O)NN(C(=O)c1ccccc1)C(C)(C)C. The third-order valence-electron chi connectivity index (χ3n) is 2.46. The lowest BCUT2D eigenvalue weighted by atomic mass is 10.1. The number of nitrogens with zero attached hydrogens (tertiary/aromatic N) is 1. The second kappa shape index (κ2) is 6.18. The Kier molecular flexibility index (Phi) is 4.87. The van der Waals surface area contributed by atoms with Crippen molar-refractivity contribution in [1.29, 1.82) is 0 Å². The molecule has 1 N–H and O–H groups in total. The molecule has 19 heavy (non-hydrogen) atoms. The van der Waals surface area contributed by atoms with Crippen molar-refractivity contribution in [2.45, 2.75) is 32.7 Å². The first-order valence-electron chi connectivity index (χ1n) is 6.16. The number of carbonyl (C=O) groups excluding carboxylic acids is 2. The largest absolute Gasteiger partial charge is 0.273 e. The predicted octanol–water partition coefficient (Wildman–Crippen LogP) is 2.53. The second-order valence-corrected chi connectivity index (χ2v) is 5.21. The second-order valence-electron chi connectivity index (χ2n) is 5.21. The number of hydrogen-bond acceptors (Lipinski definition) is 2. The van der Waals surface area contributed by atoms with Gasteiger partial charge in [0.15, 0.2) is 0 Å². The van der Waals surface area contributed by atoms with Gasteiger partial charge in [-0.05, 0) is 32.9 Å². The molecule has 0 atom stereocenters. The summed E-state index contributed by atoms with van der Waals surface area (Å²) in [6.07, 6.45) is 1.68. The van der Waals surface area contributed by atoms with Crippen LogP contribution in [-0.4, -0.2) is 22.4 Å². The van der Waals surface area contributed by atoms with Crippen LogP contribution in [0.15, 0.2) is 43.0 Å². The summed E-state index contributed by atoms with van der Waals surface area (Å²) in [4.78, 5) is 24.1. The fourth-order valence-corrected chi connectivity index (χ4v) is 1.53. The summed E-state index contributed by atoms with van der Waals surface area (Å²) in [6.45, 7) is 9.10. The van der Waals surface area contributed by atoms with Crippen molar-refractivity contribution in [2.24, 2.45) is 0 Å². The highest BCUT2D eigenvalue weighted by Gasteiger charge is 2.28. The molecule has 0 saturated heterocycles. The lowest BCUT2D eigenvalue weighted by Crippen LogP contribution is -2.55. The van der Waals surface area contributed by atoms with Gasteiger partial charge in [-0.2, -0.15) is 0 Å². The minimum Gasteiger partial charge on any atom is -0.273 e. The van der Waals surface area contributed by atoms with Crippen LogP contribution in [0.5, 0.6) is 0 Å². The molecule has 0 radical (unpaired) electrons. The van der Waals surface area contributed by atoms with Gasteiger partial charge in [-0.25, -0.2) is 5.01 Å². The third-order valence-corrected chi connectivity index (χ3v) is 2.46. The average molecular weight is 260 g/mol. The lowest BCUT2D eigenvalue weighted by Gasteiger charge is -2.35.